The summed E-state index contributed by atoms with van der Waals surface area (Å²) >= 11 is 0. The van der Waals surface area contributed by atoms with E-state index in [9.17, 15) is 4.79 Å². The Morgan fingerprint density at radius 3 is 2.50 bits per heavy atom. The topological polar surface area (TPSA) is 51.3 Å². The van der Waals surface area contributed by atoms with Crippen LogP contribution in [0.5, 0.6) is 11.5 Å². The van der Waals surface area contributed by atoms with E-state index in [4.69, 9.17) is 9.47 Å². The first-order valence-electron chi connectivity index (χ1n) is 8.08. The van der Waals surface area contributed by atoms with Crippen molar-refractivity contribution in [1.82, 2.24) is 4.98 Å². The van der Waals surface area contributed by atoms with E-state index in [1.54, 1.807) is 13.3 Å². The molecular weight excluding hydrogens is 302 g/mol. The predicted molar refractivity (Wildman–Crippen MR) is 97.1 cm³/mol. The summed E-state index contributed by atoms with van der Waals surface area (Å²) in [5, 5.41) is 0.678. The lowest BCUT2D eigenvalue weighted by Crippen LogP contribution is -2.09. The van der Waals surface area contributed by atoms with Gasteiger partial charge in [0.05, 0.1) is 24.6 Å². The molecule has 0 atom stereocenters. The van der Waals surface area contributed by atoms with Crippen molar-refractivity contribution < 1.29 is 9.47 Å². The first kappa shape index (κ1) is 16.1. The minimum absolute atomic E-state index is 0.00775. The molecule has 0 fully saturated rings. The van der Waals surface area contributed by atoms with Crippen molar-refractivity contribution in [2.24, 2.45) is 0 Å². The fraction of sp³-hybridized carbons (Fsp3) is 0.250. The van der Waals surface area contributed by atoms with Crippen LogP contribution in [0, 0.1) is 6.92 Å². The summed E-state index contributed by atoms with van der Waals surface area (Å²) in [5.74, 6) is 1.48. The number of benzene rings is 2. The van der Waals surface area contributed by atoms with Gasteiger partial charge in [-0.25, -0.2) is 0 Å². The monoisotopic (exact) mass is 323 g/mol. The van der Waals surface area contributed by atoms with Crippen LogP contribution in [0.4, 0.5) is 0 Å². The highest BCUT2D eigenvalue weighted by Gasteiger charge is 2.13. The maximum Gasteiger partial charge on any atom is 0.197 e. The Labute approximate surface area is 141 Å². The Bertz CT molecular complexity index is 911. The average Bonchev–Trinajstić information content (AvgIpc) is 2.61. The van der Waals surface area contributed by atoms with Crippen molar-refractivity contribution in [3.8, 4) is 22.6 Å². The lowest BCUT2D eigenvalue weighted by molar-refractivity contribution is 0.320. The number of ether oxygens (including phenoxy) is 2. The van der Waals surface area contributed by atoms with Gasteiger partial charge in [-0.3, -0.25) is 4.79 Å². The molecule has 0 aliphatic carbocycles. The fourth-order valence-corrected chi connectivity index (χ4v) is 2.79. The molecule has 1 N–H and O–H groups in total. The minimum Gasteiger partial charge on any atom is -0.497 e. The summed E-state index contributed by atoms with van der Waals surface area (Å²) in [6.45, 7) is 4.63. The van der Waals surface area contributed by atoms with E-state index in [0.717, 1.165) is 34.6 Å². The van der Waals surface area contributed by atoms with E-state index in [1.807, 2.05) is 43.3 Å². The van der Waals surface area contributed by atoms with Crippen molar-refractivity contribution in [2.75, 3.05) is 13.7 Å². The molecule has 0 bridgehead atoms. The zero-order chi connectivity index (χ0) is 17.1. The third-order valence-corrected chi connectivity index (χ3v) is 4.07. The number of rotatable bonds is 5. The summed E-state index contributed by atoms with van der Waals surface area (Å²) in [6, 6.07) is 11.3. The molecular formula is C20H21NO3. The lowest BCUT2D eigenvalue weighted by Gasteiger charge is -2.11. The van der Waals surface area contributed by atoms with Crippen LogP contribution in [-0.2, 0) is 0 Å². The SMILES string of the molecule is CCCOc1ccc(C)c2c(=O)c(-c3ccc(OC)cc3)c[nH]c12. The van der Waals surface area contributed by atoms with Gasteiger partial charge in [0.25, 0.3) is 0 Å². The number of nitrogens with one attached hydrogen (secondary N) is 1. The molecule has 1 heterocycles. The van der Waals surface area contributed by atoms with Crippen LogP contribution in [-0.4, -0.2) is 18.7 Å². The van der Waals surface area contributed by atoms with Crippen molar-refractivity contribution in [1.29, 1.82) is 0 Å². The first-order valence-corrected chi connectivity index (χ1v) is 8.08. The number of pyridine rings is 1. The number of methoxy groups -OCH3 is 1. The van der Waals surface area contributed by atoms with Gasteiger partial charge < -0.3 is 14.5 Å². The zero-order valence-electron chi connectivity index (χ0n) is 14.2. The standard InChI is InChI=1S/C20H21NO3/c1-4-11-24-17-10-5-13(2)18-19(17)21-12-16(20(18)22)14-6-8-15(23-3)9-7-14/h5-10,12H,4,11H2,1-3H3,(H,21,22). The van der Waals surface area contributed by atoms with Crippen LogP contribution in [0.25, 0.3) is 22.0 Å². The molecule has 124 valence electrons. The highest BCUT2D eigenvalue weighted by molar-refractivity contribution is 5.90. The van der Waals surface area contributed by atoms with Crippen molar-refractivity contribution in [3.63, 3.8) is 0 Å². The number of fused-ring (bicyclic) bond motifs is 1. The van der Waals surface area contributed by atoms with Gasteiger partial charge in [-0.15, -0.1) is 0 Å². The van der Waals surface area contributed by atoms with E-state index < -0.39 is 0 Å². The molecule has 4 heteroatoms. The van der Waals surface area contributed by atoms with Crippen LogP contribution < -0.4 is 14.9 Å². The number of hydrogen-bond acceptors (Lipinski definition) is 3. The second kappa shape index (κ2) is 6.79. The third-order valence-electron chi connectivity index (χ3n) is 4.07. The maximum atomic E-state index is 13.0. The molecule has 24 heavy (non-hydrogen) atoms. The lowest BCUT2D eigenvalue weighted by atomic mass is 10.0. The van der Waals surface area contributed by atoms with Crippen LogP contribution in [0.2, 0.25) is 0 Å². The van der Waals surface area contributed by atoms with Gasteiger partial charge in [0.1, 0.15) is 11.5 Å². The van der Waals surface area contributed by atoms with Crippen LogP contribution >= 0.6 is 0 Å². The molecule has 0 aliphatic heterocycles. The number of aromatic nitrogens is 1. The fourth-order valence-electron chi connectivity index (χ4n) is 2.79. The van der Waals surface area contributed by atoms with Gasteiger partial charge in [-0.05, 0) is 42.7 Å². The first-order chi connectivity index (χ1) is 11.7. The second-order valence-corrected chi connectivity index (χ2v) is 5.74. The van der Waals surface area contributed by atoms with Crippen LogP contribution in [0.15, 0.2) is 47.4 Å². The minimum atomic E-state index is 0.00775. The largest absolute Gasteiger partial charge is 0.497 e. The van der Waals surface area contributed by atoms with Gasteiger partial charge in [0.2, 0.25) is 0 Å². The summed E-state index contributed by atoms with van der Waals surface area (Å²) in [7, 11) is 1.62. The summed E-state index contributed by atoms with van der Waals surface area (Å²) in [4.78, 5) is 16.3. The maximum absolute atomic E-state index is 13.0. The van der Waals surface area contributed by atoms with Gasteiger partial charge in [0, 0.05) is 11.8 Å². The molecule has 0 unspecified atom stereocenters. The number of H-pyrrole nitrogens is 1. The van der Waals surface area contributed by atoms with Crippen LogP contribution in [0.3, 0.4) is 0 Å². The average molecular weight is 323 g/mol. The van der Waals surface area contributed by atoms with Gasteiger partial charge in [-0.1, -0.05) is 25.1 Å². The molecule has 3 aromatic rings. The molecule has 0 saturated heterocycles. The summed E-state index contributed by atoms with van der Waals surface area (Å²) in [6.07, 6.45) is 2.67. The van der Waals surface area contributed by atoms with Crippen LogP contribution in [0.1, 0.15) is 18.9 Å². The Kier molecular flexibility index (Phi) is 4.56. The number of aromatic amines is 1. The number of hydrogen-bond donors (Lipinski definition) is 1. The van der Waals surface area contributed by atoms with E-state index in [2.05, 4.69) is 11.9 Å². The smallest absolute Gasteiger partial charge is 0.197 e. The Balaban J connectivity index is 2.16. The number of aryl methyl sites for hydroxylation is 1. The molecule has 0 aliphatic rings. The summed E-state index contributed by atoms with van der Waals surface area (Å²) < 4.78 is 10.9. The molecule has 1 aromatic heterocycles. The van der Waals surface area contributed by atoms with Crippen molar-refractivity contribution >= 4 is 10.9 Å². The Morgan fingerprint density at radius 2 is 1.83 bits per heavy atom. The van der Waals surface area contributed by atoms with Gasteiger partial charge >= 0.3 is 0 Å². The molecule has 0 radical (unpaired) electrons. The van der Waals surface area contributed by atoms with E-state index in [1.165, 1.54) is 0 Å². The quantitative estimate of drug-likeness (QED) is 0.761. The Hall–Kier alpha value is -2.75. The molecule has 4 nitrogen and oxygen atoms in total. The predicted octanol–water partition coefficient (Wildman–Crippen LogP) is 4.30. The van der Waals surface area contributed by atoms with E-state index in [0.29, 0.717) is 17.6 Å². The van der Waals surface area contributed by atoms with Crippen molar-refractivity contribution in [3.05, 3.63) is 58.4 Å². The highest BCUT2D eigenvalue weighted by Crippen LogP contribution is 2.27. The molecule has 0 spiro atoms. The molecule has 2 aromatic carbocycles. The third kappa shape index (κ3) is 2.87. The second-order valence-electron chi connectivity index (χ2n) is 5.74. The Morgan fingerprint density at radius 1 is 1.08 bits per heavy atom. The van der Waals surface area contributed by atoms with Crippen molar-refractivity contribution in [2.45, 2.75) is 20.3 Å². The zero-order valence-corrected chi connectivity index (χ0v) is 14.2. The van der Waals surface area contributed by atoms with E-state index >= 15 is 0 Å². The summed E-state index contributed by atoms with van der Waals surface area (Å²) in [5.41, 5.74) is 3.20. The van der Waals surface area contributed by atoms with Gasteiger partial charge in [-0.2, -0.15) is 0 Å². The molecule has 3 rings (SSSR count). The molecule has 0 amide bonds. The van der Waals surface area contributed by atoms with Gasteiger partial charge in [0.15, 0.2) is 5.43 Å². The normalized spacial score (nSPS) is 10.8. The van der Waals surface area contributed by atoms with E-state index in [-0.39, 0.29) is 5.43 Å². The highest BCUT2D eigenvalue weighted by atomic mass is 16.5. The molecule has 0 saturated carbocycles.